The second kappa shape index (κ2) is 6.00. The molecule has 1 N–H and O–H groups in total. The zero-order chi connectivity index (χ0) is 16.4. The number of piperidine rings is 1. The molecule has 0 aromatic heterocycles. The molecular weight excluding hydrogens is 298 g/mol. The predicted molar refractivity (Wildman–Crippen MR) is 69.5 cm³/mol. The van der Waals surface area contributed by atoms with E-state index in [0.717, 1.165) is 6.07 Å². The molecule has 1 atom stereocenters. The normalized spacial score (nSPS) is 17.9. The quantitative estimate of drug-likeness (QED) is 0.657. The van der Waals surface area contributed by atoms with E-state index in [9.17, 15) is 28.0 Å². The number of amides is 4. The van der Waals surface area contributed by atoms with Gasteiger partial charge in [-0.3, -0.25) is 29.4 Å². The highest BCUT2D eigenvalue weighted by Crippen LogP contribution is 2.19. The molecule has 1 aromatic carbocycles. The third-order valence-corrected chi connectivity index (χ3v) is 3.39. The summed E-state index contributed by atoms with van der Waals surface area (Å²) < 4.78 is 26.4. The molecule has 0 spiro atoms. The highest BCUT2D eigenvalue weighted by atomic mass is 19.2. The van der Waals surface area contributed by atoms with Crippen molar-refractivity contribution in [3.05, 3.63) is 34.9 Å². The Balaban J connectivity index is 2.33. The molecule has 0 aliphatic carbocycles. The Kier molecular flexibility index (Phi) is 4.30. The van der Waals surface area contributed by atoms with Gasteiger partial charge in [0.1, 0.15) is 6.04 Å². The van der Waals surface area contributed by atoms with Crippen LogP contribution in [-0.4, -0.2) is 35.1 Å². The van der Waals surface area contributed by atoms with Crippen molar-refractivity contribution in [2.45, 2.75) is 25.8 Å². The van der Waals surface area contributed by atoms with E-state index in [1.165, 1.54) is 6.92 Å². The first-order valence-electron chi connectivity index (χ1n) is 6.42. The van der Waals surface area contributed by atoms with Crippen molar-refractivity contribution in [2.75, 3.05) is 0 Å². The fourth-order valence-electron chi connectivity index (χ4n) is 2.23. The fourth-order valence-corrected chi connectivity index (χ4v) is 2.23. The number of hydrogen-bond donors (Lipinski definition) is 1. The molecule has 0 saturated carbocycles. The Morgan fingerprint density at radius 1 is 1.32 bits per heavy atom. The van der Waals surface area contributed by atoms with Crippen LogP contribution in [0.5, 0.6) is 0 Å². The summed E-state index contributed by atoms with van der Waals surface area (Å²) in [5, 5.41) is 2.02. The number of hydrogen-bond acceptors (Lipinski definition) is 4. The summed E-state index contributed by atoms with van der Waals surface area (Å²) in [6.45, 7) is 1.38. The molecule has 1 fully saturated rings. The van der Waals surface area contributed by atoms with Crippen LogP contribution in [0, 0.1) is 18.6 Å². The fraction of sp³-hybridized carbons (Fsp3) is 0.286. The molecule has 6 nitrogen and oxygen atoms in total. The van der Waals surface area contributed by atoms with Crippen LogP contribution >= 0.6 is 0 Å². The van der Waals surface area contributed by atoms with Crippen molar-refractivity contribution >= 4 is 24.1 Å². The molecule has 2 rings (SSSR count). The third-order valence-electron chi connectivity index (χ3n) is 3.39. The van der Waals surface area contributed by atoms with Gasteiger partial charge >= 0.3 is 0 Å². The van der Waals surface area contributed by atoms with Crippen LogP contribution in [0.25, 0.3) is 0 Å². The predicted octanol–water partition coefficient (Wildman–Crippen LogP) is 0.677. The number of rotatable bonds is 3. The Hall–Kier alpha value is -2.64. The van der Waals surface area contributed by atoms with Crippen LogP contribution in [-0.2, 0) is 14.4 Å². The maximum Gasteiger partial charge on any atom is 0.261 e. The highest BCUT2D eigenvalue weighted by molar-refractivity contribution is 6.07. The van der Waals surface area contributed by atoms with Gasteiger partial charge in [0.05, 0.1) is 0 Å². The monoisotopic (exact) mass is 310 g/mol. The van der Waals surface area contributed by atoms with E-state index in [1.807, 2.05) is 5.32 Å². The van der Waals surface area contributed by atoms with Crippen molar-refractivity contribution in [3.8, 4) is 0 Å². The molecular formula is C14H12F2N2O4. The number of halogens is 2. The maximum absolute atomic E-state index is 13.3. The molecule has 1 unspecified atom stereocenters. The Morgan fingerprint density at radius 2 is 1.95 bits per heavy atom. The van der Waals surface area contributed by atoms with Gasteiger partial charge in [0.2, 0.25) is 18.2 Å². The van der Waals surface area contributed by atoms with Gasteiger partial charge in [-0.15, -0.1) is 0 Å². The standard InChI is InChI=1S/C14H12F2N2O4/c1-7-4-9(15)10(16)5-8(7)14(22)18(6-19)11-2-3-12(20)17-13(11)21/h4-6,11H,2-3H2,1H3,(H,17,20,21). The van der Waals surface area contributed by atoms with Gasteiger partial charge in [0, 0.05) is 12.0 Å². The number of carbonyl (C=O) groups is 4. The molecule has 4 amide bonds. The molecule has 8 heteroatoms. The van der Waals surface area contributed by atoms with Crippen molar-refractivity contribution in [2.24, 2.45) is 0 Å². The van der Waals surface area contributed by atoms with Crippen molar-refractivity contribution < 1.29 is 28.0 Å². The molecule has 1 aliphatic rings. The summed E-state index contributed by atoms with van der Waals surface area (Å²) in [5.74, 6) is -4.56. The van der Waals surface area contributed by atoms with E-state index in [0.29, 0.717) is 11.0 Å². The molecule has 0 radical (unpaired) electrons. The van der Waals surface area contributed by atoms with Crippen molar-refractivity contribution in [1.29, 1.82) is 0 Å². The Morgan fingerprint density at radius 3 is 2.55 bits per heavy atom. The summed E-state index contributed by atoms with van der Waals surface area (Å²) in [6.07, 6.45) is 0.103. The number of nitrogens with one attached hydrogen (secondary N) is 1. The van der Waals surface area contributed by atoms with Gasteiger partial charge in [0.15, 0.2) is 11.6 Å². The molecule has 22 heavy (non-hydrogen) atoms. The van der Waals surface area contributed by atoms with Crippen LogP contribution in [0.2, 0.25) is 0 Å². The first kappa shape index (κ1) is 15.7. The zero-order valence-corrected chi connectivity index (χ0v) is 11.6. The van der Waals surface area contributed by atoms with Crippen molar-refractivity contribution in [1.82, 2.24) is 10.2 Å². The minimum atomic E-state index is -1.23. The average Bonchev–Trinajstić information content (AvgIpc) is 2.45. The Bertz CT molecular complexity index is 675. The lowest BCUT2D eigenvalue weighted by Crippen LogP contribution is -2.53. The molecule has 1 aliphatic heterocycles. The summed E-state index contributed by atoms with van der Waals surface area (Å²) in [6, 6.07) is 0.348. The van der Waals surface area contributed by atoms with Crippen LogP contribution < -0.4 is 5.32 Å². The summed E-state index contributed by atoms with van der Waals surface area (Å²) in [7, 11) is 0. The number of imide groups is 2. The van der Waals surface area contributed by atoms with Gasteiger partial charge in [-0.1, -0.05) is 0 Å². The van der Waals surface area contributed by atoms with Gasteiger partial charge in [-0.2, -0.15) is 0 Å². The first-order chi connectivity index (χ1) is 10.3. The first-order valence-corrected chi connectivity index (χ1v) is 6.42. The van der Waals surface area contributed by atoms with E-state index in [2.05, 4.69) is 0 Å². The van der Waals surface area contributed by atoms with Crippen LogP contribution in [0.3, 0.4) is 0 Å². The number of carbonyl (C=O) groups excluding carboxylic acids is 4. The zero-order valence-electron chi connectivity index (χ0n) is 11.6. The lowest BCUT2D eigenvalue weighted by atomic mass is 10.0. The van der Waals surface area contributed by atoms with Gasteiger partial charge < -0.3 is 0 Å². The van der Waals surface area contributed by atoms with E-state index < -0.39 is 35.4 Å². The summed E-state index contributed by atoms with van der Waals surface area (Å²) in [5.41, 5.74) is -0.0984. The van der Waals surface area contributed by atoms with E-state index >= 15 is 0 Å². The second-order valence-corrected chi connectivity index (χ2v) is 4.87. The van der Waals surface area contributed by atoms with Crippen LogP contribution in [0.15, 0.2) is 12.1 Å². The largest absolute Gasteiger partial charge is 0.295 e. The van der Waals surface area contributed by atoms with E-state index in [1.54, 1.807) is 0 Å². The molecule has 1 saturated heterocycles. The lowest BCUT2D eigenvalue weighted by molar-refractivity contribution is -0.139. The molecule has 1 aromatic rings. The van der Waals surface area contributed by atoms with Crippen LogP contribution in [0.1, 0.15) is 28.8 Å². The topological polar surface area (TPSA) is 83.6 Å². The molecule has 0 bridgehead atoms. The van der Waals surface area contributed by atoms with E-state index in [-0.39, 0.29) is 30.4 Å². The third kappa shape index (κ3) is 2.85. The SMILES string of the molecule is Cc1cc(F)c(F)cc1C(=O)N(C=O)C1CCC(=O)NC1=O. The minimum absolute atomic E-state index is 0.0160. The molecule has 116 valence electrons. The smallest absolute Gasteiger partial charge is 0.261 e. The van der Waals surface area contributed by atoms with Gasteiger partial charge in [-0.05, 0) is 31.0 Å². The van der Waals surface area contributed by atoms with Gasteiger partial charge in [-0.25, -0.2) is 8.78 Å². The van der Waals surface area contributed by atoms with Crippen LogP contribution in [0.4, 0.5) is 8.78 Å². The van der Waals surface area contributed by atoms with Gasteiger partial charge in [0.25, 0.3) is 5.91 Å². The highest BCUT2D eigenvalue weighted by Gasteiger charge is 2.35. The van der Waals surface area contributed by atoms with E-state index in [4.69, 9.17) is 0 Å². The summed E-state index contributed by atoms with van der Waals surface area (Å²) in [4.78, 5) is 46.9. The lowest BCUT2D eigenvalue weighted by Gasteiger charge is -2.28. The number of benzene rings is 1. The summed E-state index contributed by atoms with van der Waals surface area (Å²) >= 11 is 0. The number of aryl methyl sites for hydroxylation is 1. The average molecular weight is 310 g/mol. The molecule has 1 heterocycles. The maximum atomic E-state index is 13.3. The second-order valence-electron chi connectivity index (χ2n) is 4.87. The number of nitrogens with zero attached hydrogens (tertiary/aromatic N) is 1. The van der Waals surface area contributed by atoms with Crippen molar-refractivity contribution in [3.63, 3.8) is 0 Å². The Labute approximate surface area is 124 Å². The minimum Gasteiger partial charge on any atom is -0.295 e.